The minimum absolute atomic E-state index is 0.538. The zero-order valence-electron chi connectivity index (χ0n) is 11.9. The number of ether oxygens (including phenoxy) is 1. The third kappa shape index (κ3) is 2.38. The van der Waals surface area contributed by atoms with Crippen LogP contribution in [0.2, 0.25) is 5.02 Å². The van der Waals surface area contributed by atoms with Crippen LogP contribution in [0.1, 0.15) is 5.69 Å². The molecule has 0 saturated carbocycles. The second-order valence-electron chi connectivity index (χ2n) is 4.60. The lowest BCUT2D eigenvalue weighted by Gasteiger charge is -2.09. The highest BCUT2D eigenvalue weighted by atomic mass is 35.5. The minimum atomic E-state index is 0.538. The molecule has 0 fully saturated rings. The highest BCUT2D eigenvalue weighted by molar-refractivity contribution is 6.32. The minimum Gasteiger partial charge on any atom is -0.495 e. The van der Waals surface area contributed by atoms with Gasteiger partial charge in [0, 0.05) is 12.7 Å². The van der Waals surface area contributed by atoms with Gasteiger partial charge in [0.05, 0.1) is 23.2 Å². The average molecular weight is 304 g/mol. The summed E-state index contributed by atoms with van der Waals surface area (Å²) < 4.78 is 6.88. The van der Waals surface area contributed by atoms with E-state index in [1.165, 1.54) is 6.33 Å². The van der Waals surface area contributed by atoms with Crippen molar-refractivity contribution in [1.82, 2.24) is 19.7 Å². The van der Waals surface area contributed by atoms with Crippen molar-refractivity contribution in [2.75, 3.05) is 12.4 Å². The van der Waals surface area contributed by atoms with Crippen molar-refractivity contribution in [3.05, 3.63) is 35.2 Å². The fraction of sp³-hybridized carbons (Fsp3) is 0.214. The number of aromatic nitrogens is 4. The van der Waals surface area contributed by atoms with E-state index in [2.05, 4.69) is 20.4 Å². The van der Waals surface area contributed by atoms with Gasteiger partial charge in [-0.05, 0) is 25.1 Å². The summed E-state index contributed by atoms with van der Waals surface area (Å²) in [7, 11) is 3.44. The molecule has 0 bridgehead atoms. The van der Waals surface area contributed by atoms with E-state index in [1.54, 1.807) is 23.9 Å². The van der Waals surface area contributed by atoms with Gasteiger partial charge in [-0.1, -0.05) is 11.6 Å². The number of nitrogens with one attached hydrogen (secondary N) is 1. The molecule has 0 aliphatic carbocycles. The number of anilines is 2. The van der Waals surface area contributed by atoms with Crippen LogP contribution in [0.5, 0.6) is 5.75 Å². The maximum atomic E-state index is 6.14. The van der Waals surface area contributed by atoms with Crippen LogP contribution in [-0.4, -0.2) is 26.9 Å². The molecule has 0 spiro atoms. The summed E-state index contributed by atoms with van der Waals surface area (Å²) in [6.07, 6.45) is 1.51. The van der Waals surface area contributed by atoms with Gasteiger partial charge in [-0.25, -0.2) is 9.97 Å². The van der Waals surface area contributed by atoms with E-state index in [4.69, 9.17) is 16.3 Å². The molecule has 0 aliphatic rings. The fourth-order valence-electron chi connectivity index (χ4n) is 2.25. The lowest BCUT2D eigenvalue weighted by atomic mass is 10.2. The first-order valence-electron chi connectivity index (χ1n) is 6.35. The van der Waals surface area contributed by atoms with Gasteiger partial charge in [-0.2, -0.15) is 5.10 Å². The largest absolute Gasteiger partial charge is 0.495 e. The predicted octanol–water partition coefficient (Wildman–Crippen LogP) is 3.08. The Morgan fingerprint density at radius 1 is 1.29 bits per heavy atom. The number of methoxy groups -OCH3 is 1. The Morgan fingerprint density at radius 3 is 2.81 bits per heavy atom. The second kappa shape index (κ2) is 5.21. The topological polar surface area (TPSA) is 64.9 Å². The Morgan fingerprint density at radius 2 is 2.10 bits per heavy atom. The predicted molar refractivity (Wildman–Crippen MR) is 82.3 cm³/mol. The molecule has 6 nitrogen and oxygen atoms in total. The average Bonchev–Trinajstić information content (AvgIpc) is 2.75. The Bertz CT molecular complexity index is 814. The molecular weight excluding hydrogens is 290 g/mol. The summed E-state index contributed by atoms with van der Waals surface area (Å²) >= 11 is 6.14. The van der Waals surface area contributed by atoms with E-state index in [0.29, 0.717) is 16.6 Å². The Hall–Kier alpha value is -2.34. The van der Waals surface area contributed by atoms with Crippen LogP contribution in [0.4, 0.5) is 11.5 Å². The molecule has 0 amide bonds. The van der Waals surface area contributed by atoms with Gasteiger partial charge in [-0.15, -0.1) is 0 Å². The van der Waals surface area contributed by atoms with Crippen molar-refractivity contribution in [3.8, 4) is 5.75 Å². The van der Waals surface area contributed by atoms with Crippen molar-refractivity contribution in [2.24, 2.45) is 7.05 Å². The summed E-state index contributed by atoms with van der Waals surface area (Å²) in [4.78, 5) is 8.55. The summed E-state index contributed by atoms with van der Waals surface area (Å²) in [6, 6.07) is 5.48. The molecule has 3 rings (SSSR count). The monoisotopic (exact) mass is 303 g/mol. The number of aryl methyl sites for hydroxylation is 2. The van der Waals surface area contributed by atoms with Crippen molar-refractivity contribution >= 4 is 34.1 Å². The quantitative estimate of drug-likeness (QED) is 0.805. The zero-order valence-corrected chi connectivity index (χ0v) is 12.6. The van der Waals surface area contributed by atoms with E-state index in [9.17, 15) is 0 Å². The molecule has 7 heteroatoms. The normalized spacial score (nSPS) is 10.9. The Labute approximate surface area is 126 Å². The lowest BCUT2D eigenvalue weighted by Crippen LogP contribution is -1.97. The smallest absolute Gasteiger partial charge is 0.163 e. The first kappa shape index (κ1) is 13.6. The number of benzene rings is 1. The number of rotatable bonds is 3. The number of halogens is 1. The molecule has 2 heterocycles. The van der Waals surface area contributed by atoms with Crippen LogP contribution in [0.3, 0.4) is 0 Å². The second-order valence-corrected chi connectivity index (χ2v) is 5.01. The molecule has 0 unspecified atom stereocenters. The maximum absolute atomic E-state index is 6.14. The molecule has 0 radical (unpaired) electrons. The van der Waals surface area contributed by atoms with Crippen LogP contribution in [-0.2, 0) is 7.05 Å². The summed E-state index contributed by atoms with van der Waals surface area (Å²) in [5.74, 6) is 1.33. The van der Waals surface area contributed by atoms with Gasteiger partial charge in [0.15, 0.2) is 5.65 Å². The van der Waals surface area contributed by atoms with Gasteiger partial charge in [0.2, 0.25) is 0 Å². The number of nitrogens with zero attached hydrogens (tertiary/aromatic N) is 4. The molecule has 3 aromatic rings. The molecule has 0 aliphatic heterocycles. The van der Waals surface area contributed by atoms with Crippen LogP contribution in [0, 0.1) is 6.92 Å². The number of hydrogen-bond donors (Lipinski definition) is 1. The highest BCUT2D eigenvalue weighted by Gasteiger charge is 2.12. The molecule has 108 valence electrons. The van der Waals surface area contributed by atoms with Crippen LogP contribution < -0.4 is 10.1 Å². The van der Waals surface area contributed by atoms with E-state index < -0.39 is 0 Å². The van der Waals surface area contributed by atoms with E-state index in [1.807, 2.05) is 20.0 Å². The number of fused-ring (bicyclic) bond motifs is 1. The number of hydrogen-bond acceptors (Lipinski definition) is 5. The first-order chi connectivity index (χ1) is 10.1. The highest BCUT2D eigenvalue weighted by Crippen LogP contribution is 2.30. The van der Waals surface area contributed by atoms with E-state index in [0.717, 1.165) is 22.4 Å². The van der Waals surface area contributed by atoms with Crippen LogP contribution >= 0.6 is 11.6 Å². The van der Waals surface area contributed by atoms with Gasteiger partial charge in [-0.3, -0.25) is 4.68 Å². The zero-order chi connectivity index (χ0) is 15.0. The third-order valence-corrected chi connectivity index (χ3v) is 3.51. The van der Waals surface area contributed by atoms with Gasteiger partial charge < -0.3 is 10.1 Å². The van der Waals surface area contributed by atoms with Crippen molar-refractivity contribution in [3.63, 3.8) is 0 Å². The summed E-state index contributed by atoms with van der Waals surface area (Å²) in [5.41, 5.74) is 2.48. The van der Waals surface area contributed by atoms with Crippen molar-refractivity contribution in [2.45, 2.75) is 6.92 Å². The lowest BCUT2D eigenvalue weighted by molar-refractivity contribution is 0.415. The molecule has 1 aromatic carbocycles. The summed E-state index contributed by atoms with van der Waals surface area (Å²) in [6.45, 7) is 1.93. The molecule has 0 atom stereocenters. The fourth-order valence-corrected chi connectivity index (χ4v) is 2.51. The maximum Gasteiger partial charge on any atom is 0.163 e. The van der Waals surface area contributed by atoms with Crippen molar-refractivity contribution < 1.29 is 4.74 Å². The van der Waals surface area contributed by atoms with Gasteiger partial charge in [0.25, 0.3) is 0 Å². The first-order valence-corrected chi connectivity index (χ1v) is 6.73. The Kier molecular flexibility index (Phi) is 3.39. The molecule has 2 aromatic heterocycles. The summed E-state index contributed by atoms with van der Waals surface area (Å²) in [5, 5.41) is 9.05. The van der Waals surface area contributed by atoms with Crippen molar-refractivity contribution in [1.29, 1.82) is 0 Å². The van der Waals surface area contributed by atoms with E-state index in [-0.39, 0.29) is 0 Å². The standard InChI is InChI=1S/C14H14ClN5O/c1-8-12-13(16-7-17-14(12)20(2)19-8)18-9-4-5-11(21-3)10(15)6-9/h4-7H,1-3H3,(H,16,17,18). The molecule has 21 heavy (non-hydrogen) atoms. The third-order valence-electron chi connectivity index (χ3n) is 3.21. The molecule has 1 N–H and O–H groups in total. The Balaban J connectivity index is 2.04. The van der Waals surface area contributed by atoms with Gasteiger partial charge >= 0.3 is 0 Å². The molecule has 0 saturated heterocycles. The van der Waals surface area contributed by atoms with Crippen LogP contribution in [0.15, 0.2) is 24.5 Å². The van der Waals surface area contributed by atoms with E-state index >= 15 is 0 Å². The SMILES string of the molecule is COc1ccc(Nc2ncnc3c2c(C)nn3C)cc1Cl. The molecular formula is C14H14ClN5O. The van der Waals surface area contributed by atoms with Gasteiger partial charge in [0.1, 0.15) is 17.9 Å². The van der Waals surface area contributed by atoms with Crippen LogP contribution in [0.25, 0.3) is 11.0 Å².